The summed E-state index contributed by atoms with van der Waals surface area (Å²) in [5.41, 5.74) is 6.09. The number of aryl methyl sites for hydroxylation is 1. The van der Waals surface area contributed by atoms with Crippen LogP contribution in [0.15, 0.2) is 66.7 Å². The fourth-order valence-corrected chi connectivity index (χ4v) is 8.39. The first-order chi connectivity index (χ1) is 11.5. The van der Waals surface area contributed by atoms with E-state index in [4.69, 9.17) is 0 Å². The SMILES string of the molecule is Cc1ccc2c(c1C(C)(C)C)[SiH](c1ccccc1)c1ccccc1-2. The Morgan fingerprint density at radius 2 is 1.38 bits per heavy atom. The van der Waals surface area contributed by atoms with E-state index in [1.165, 1.54) is 21.9 Å². The molecule has 1 unspecified atom stereocenters. The van der Waals surface area contributed by atoms with Crippen LogP contribution in [0, 0.1) is 6.92 Å². The molecule has 120 valence electrons. The molecule has 0 fully saturated rings. The Hall–Kier alpha value is -2.12. The average molecular weight is 329 g/mol. The van der Waals surface area contributed by atoms with Gasteiger partial charge in [0, 0.05) is 0 Å². The van der Waals surface area contributed by atoms with Gasteiger partial charge in [-0.3, -0.25) is 0 Å². The summed E-state index contributed by atoms with van der Waals surface area (Å²) in [6, 6.07) is 24.9. The van der Waals surface area contributed by atoms with Crippen LogP contribution in [0.3, 0.4) is 0 Å². The third kappa shape index (κ3) is 2.27. The average Bonchev–Trinajstić information content (AvgIpc) is 2.88. The molecule has 0 N–H and O–H groups in total. The zero-order valence-electron chi connectivity index (χ0n) is 14.9. The maximum absolute atomic E-state index is 2.36. The normalized spacial score (nSPS) is 15.9. The minimum Gasteiger partial charge on any atom is -0.0625 e. The van der Waals surface area contributed by atoms with Crippen LogP contribution in [0.2, 0.25) is 0 Å². The molecule has 1 aliphatic heterocycles. The minimum atomic E-state index is -1.40. The first-order valence-corrected chi connectivity index (χ1v) is 10.5. The lowest BCUT2D eigenvalue weighted by Gasteiger charge is -2.28. The van der Waals surface area contributed by atoms with E-state index in [-0.39, 0.29) is 5.41 Å². The maximum Gasteiger partial charge on any atom is 0.134 e. The van der Waals surface area contributed by atoms with Crippen LogP contribution in [0.5, 0.6) is 0 Å². The van der Waals surface area contributed by atoms with Crippen molar-refractivity contribution in [3.8, 4) is 11.1 Å². The van der Waals surface area contributed by atoms with Gasteiger partial charge in [0.15, 0.2) is 0 Å². The third-order valence-corrected chi connectivity index (χ3v) is 8.54. The Bertz CT molecular complexity index is 901. The van der Waals surface area contributed by atoms with Crippen LogP contribution >= 0.6 is 0 Å². The van der Waals surface area contributed by atoms with E-state index >= 15 is 0 Å². The fraction of sp³-hybridized carbons (Fsp3) is 0.217. The molecule has 0 bridgehead atoms. The van der Waals surface area contributed by atoms with E-state index in [1.54, 1.807) is 15.9 Å². The smallest absolute Gasteiger partial charge is 0.0625 e. The molecule has 1 aliphatic rings. The van der Waals surface area contributed by atoms with Gasteiger partial charge < -0.3 is 0 Å². The van der Waals surface area contributed by atoms with Crippen molar-refractivity contribution in [2.45, 2.75) is 33.1 Å². The number of rotatable bonds is 1. The molecule has 0 saturated carbocycles. The van der Waals surface area contributed by atoms with E-state index < -0.39 is 8.80 Å². The standard InChI is InChI=1S/C23H24Si/c1-16-14-15-19-18-12-8-9-13-20(18)24(17-10-6-5-7-11-17)22(19)21(16)23(2,3)4/h5-15,24H,1-4H3. The molecule has 0 amide bonds. The second-order valence-corrected chi connectivity index (χ2v) is 10.6. The number of benzene rings is 3. The summed E-state index contributed by atoms with van der Waals surface area (Å²) in [7, 11) is -1.40. The van der Waals surface area contributed by atoms with Gasteiger partial charge >= 0.3 is 0 Å². The van der Waals surface area contributed by atoms with Gasteiger partial charge in [-0.25, -0.2) is 0 Å². The van der Waals surface area contributed by atoms with Crippen molar-refractivity contribution in [2.24, 2.45) is 0 Å². The molecule has 3 aromatic rings. The third-order valence-electron chi connectivity index (χ3n) is 5.19. The molecule has 3 aromatic carbocycles. The Kier molecular flexibility index (Phi) is 3.50. The molecule has 1 heteroatoms. The highest BCUT2D eigenvalue weighted by atomic mass is 28.3. The predicted molar refractivity (Wildman–Crippen MR) is 108 cm³/mol. The van der Waals surface area contributed by atoms with Crippen molar-refractivity contribution in [3.05, 3.63) is 77.9 Å². The van der Waals surface area contributed by atoms with Crippen LogP contribution in [-0.4, -0.2) is 8.80 Å². The molecule has 24 heavy (non-hydrogen) atoms. The highest BCUT2D eigenvalue weighted by molar-refractivity contribution is 6.99. The van der Waals surface area contributed by atoms with Crippen LogP contribution in [0.1, 0.15) is 31.9 Å². The van der Waals surface area contributed by atoms with Gasteiger partial charge in [0.2, 0.25) is 0 Å². The van der Waals surface area contributed by atoms with Gasteiger partial charge in [0.25, 0.3) is 0 Å². The molecule has 0 radical (unpaired) electrons. The van der Waals surface area contributed by atoms with E-state index in [1.807, 2.05) is 0 Å². The summed E-state index contributed by atoms with van der Waals surface area (Å²) < 4.78 is 0. The van der Waals surface area contributed by atoms with Gasteiger partial charge in [-0.05, 0) is 45.0 Å². The van der Waals surface area contributed by atoms with Crippen LogP contribution in [-0.2, 0) is 5.41 Å². The van der Waals surface area contributed by atoms with Crippen molar-refractivity contribution < 1.29 is 0 Å². The van der Waals surface area contributed by atoms with Crippen molar-refractivity contribution >= 4 is 24.4 Å². The number of hydrogen-bond donors (Lipinski definition) is 0. The van der Waals surface area contributed by atoms with Crippen LogP contribution in [0.25, 0.3) is 11.1 Å². The van der Waals surface area contributed by atoms with Gasteiger partial charge in [0.05, 0.1) is 0 Å². The molecule has 0 aromatic heterocycles. The highest BCUT2D eigenvalue weighted by Gasteiger charge is 2.36. The summed E-state index contributed by atoms with van der Waals surface area (Å²) in [5, 5.41) is 4.75. The summed E-state index contributed by atoms with van der Waals surface area (Å²) in [5.74, 6) is 0. The van der Waals surface area contributed by atoms with E-state index in [9.17, 15) is 0 Å². The number of hydrogen-bond acceptors (Lipinski definition) is 0. The molecular weight excluding hydrogens is 304 g/mol. The summed E-state index contributed by atoms with van der Waals surface area (Å²) in [4.78, 5) is 0. The monoisotopic (exact) mass is 328 g/mol. The zero-order chi connectivity index (χ0) is 16.9. The van der Waals surface area contributed by atoms with E-state index in [2.05, 4.69) is 94.4 Å². The van der Waals surface area contributed by atoms with E-state index in [0.29, 0.717) is 0 Å². The Morgan fingerprint density at radius 1 is 0.708 bits per heavy atom. The highest BCUT2D eigenvalue weighted by Crippen LogP contribution is 2.32. The fourth-order valence-electron chi connectivity index (χ4n) is 4.40. The van der Waals surface area contributed by atoms with Gasteiger partial charge in [-0.2, -0.15) is 0 Å². The molecular formula is C23H24Si. The molecule has 1 atom stereocenters. The molecule has 4 rings (SSSR count). The zero-order valence-corrected chi connectivity index (χ0v) is 16.1. The lowest BCUT2D eigenvalue weighted by molar-refractivity contribution is 0.590. The predicted octanol–water partition coefficient (Wildman–Crippen LogP) is 3.52. The molecule has 0 spiro atoms. The molecule has 0 nitrogen and oxygen atoms in total. The van der Waals surface area contributed by atoms with Gasteiger partial charge in [0.1, 0.15) is 8.80 Å². The maximum atomic E-state index is 2.36. The van der Waals surface area contributed by atoms with Crippen molar-refractivity contribution in [2.75, 3.05) is 0 Å². The largest absolute Gasteiger partial charge is 0.134 e. The first-order valence-electron chi connectivity index (χ1n) is 8.76. The van der Waals surface area contributed by atoms with Crippen LogP contribution < -0.4 is 15.6 Å². The van der Waals surface area contributed by atoms with Crippen molar-refractivity contribution in [3.63, 3.8) is 0 Å². The number of fused-ring (bicyclic) bond motifs is 3. The Balaban J connectivity index is 2.09. The lowest BCUT2D eigenvalue weighted by atomic mass is 9.82. The Morgan fingerprint density at radius 3 is 2.08 bits per heavy atom. The summed E-state index contributed by atoms with van der Waals surface area (Å²) in [6.45, 7) is 9.35. The summed E-state index contributed by atoms with van der Waals surface area (Å²) >= 11 is 0. The Labute approximate surface area is 146 Å². The molecule has 0 saturated heterocycles. The summed E-state index contributed by atoms with van der Waals surface area (Å²) in [6.07, 6.45) is 0. The van der Waals surface area contributed by atoms with Crippen LogP contribution in [0.4, 0.5) is 0 Å². The van der Waals surface area contributed by atoms with Crippen molar-refractivity contribution in [1.82, 2.24) is 0 Å². The quantitative estimate of drug-likeness (QED) is 0.469. The van der Waals surface area contributed by atoms with Gasteiger partial charge in [-0.15, -0.1) is 0 Å². The van der Waals surface area contributed by atoms with E-state index in [0.717, 1.165) is 0 Å². The molecule has 1 heterocycles. The second-order valence-electron chi connectivity index (χ2n) is 7.90. The topological polar surface area (TPSA) is 0 Å². The van der Waals surface area contributed by atoms with Crippen molar-refractivity contribution in [1.29, 1.82) is 0 Å². The minimum absolute atomic E-state index is 0.164. The lowest BCUT2D eigenvalue weighted by Crippen LogP contribution is -2.51. The van der Waals surface area contributed by atoms with Gasteiger partial charge in [-0.1, -0.05) is 92.7 Å². The second kappa shape index (κ2) is 5.46. The molecule has 0 aliphatic carbocycles. The first kappa shape index (κ1) is 15.4.